The van der Waals surface area contributed by atoms with E-state index in [1.807, 2.05) is 0 Å². The van der Waals surface area contributed by atoms with Gasteiger partial charge in [-0.25, -0.2) is 0 Å². The Morgan fingerprint density at radius 2 is 3.20 bits per heavy atom. The molecule has 0 fully saturated rings. The molecule has 0 rings (SSSR count). The van der Waals surface area contributed by atoms with Gasteiger partial charge in [0.05, 0.1) is 6.61 Å². The third-order valence-corrected chi connectivity index (χ3v) is 0.186. The van der Waals surface area contributed by atoms with E-state index in [-0.39, 0.29) is 13.5 Å². The Morgan fingerprint density at radius 3 is 3.40 bits per heavy atom. The van der Waals surface area contributed by atoms with Crippen molar-refractivity contribution in [2.24, 2.45) is 0 Å². The van der Waals surface area contributed by atoms with Crippen LogP contribution in [0.25, 0.3) is 0 Å². The average Bonchev–Trinajstić information content (AvgIpc) is 1.61. The van der Waals surface area contributed by atoms with Crippen molar-refractivity contribution in [3.63, 3.8) is 0 Å². The Kier molecular flexibility index (Phi) is 1.87. The minimum Gasteiger partial charge on any atom is -0.468 e. The summed E-state index contributed by atoms with van der Waals surface area (Å²) in [4.78, 5) is 9.26. The van der Waals surface area contributed by atoms with Crippen LogP contribution in [0.4, 0.5) is 0 Å². The van der Waals surface area contributed by atoms with Crippen molar-refractivity contribution in [2.45, 2.75) is 6.90 Å². The molecule has 0 aromatic rings. The quantitative estimate of drug-likeness (QED) is 0.345. The standard InChI is InChI=1S/C3H6O2/c1-2-5-3-4/h3H,2H2,1H3/i1D. The van der Waals surface area contributed by atoms with E-state index in [0.717, 1.165) is 0 Å². The number of carbonyl (C=O) groups is 1. The monoisotopic (exact) mass is 75.0 g/mol. The second-order valence-electron chi connectivity index (χ2n) is 0.467. The SMILES string of the molecule is [2H]CCOC=O. The summed E-state index contributed by atoms with van der Waals surface area (Å²) in [6, 6.07) is 0. The van der Waals surface area contributed by atoms with Crippen molar-refractivity contribution >= 4 is 6.47 Å². The first-order valence-electron chi connectivity index (χ1n) is 1.97. The van der Waals surface area contributed by atoms with Gasteiger partial charge in [0.1, 0.15) is 0 Å². The molecule has 0 aliphatic heterocycles. The molecule has 0 aromatic heterocycles. The van der Waals surface area contributed by atoms with Crippen molar-refractivity contribution in [2.75, 3.05) is 6.61 Å². The molecular formula is C3H6O2. The summed E-state index contributed by atoms with van der Waals surface area (Å²) in [5.74, 6) is 0. The van der Waals surface area contributed by atoms with Crippen molar-refractivity contribution in [1.82, 2.24) is 0 Å². The van der Waals surface area contributed by atoms with Gasteiger partial charge in [-0.15, -0.1) is 0 Å². The van der Waals surface area contributed by atoms with E-state index in [9.17, 15) is 4.79 Å². The summed E-state index contributed by atoms with van der Waals surface area (Å²) in [5, 5.41) is 0. The molecule has 0 aliphatic rings. The largest absolute Gasteiger partial charge is 0.468 e. The van der Waals surface area contributed by atoms with Gasteiger partial charge in [-0.2, -0.15) is 0 Å². The van der Waals surface area contributed by atoms with Gasteiger partial charge >= 0.3 is 0 Å². The summed E-state index contributed by atoms with van der Waals surface area (Å²) < 4.78 is 10.5. The lowest BCUT2D eigenvalue weighted by molar-refractivity contribution is -0.128. The highest BCUT2D eigenvalue weighted by Gasteiger charge is 1.60. The van der Waals surface area contributed by atoms with Crippen LogP contribution in [-0.4, -0.2) is 13.1 Å². The van der Waals surface area contributed by atoms with Crippen LogP contribution in [0.3, 0.4) is 0 Å². The average molecular weight is 75.1 g/mol. The van der Waals surface area contributed by atoms with Gasteiger partial charge in [0.25, 0.3) is 6.47 Å². The molecular weight excluding hydrogens is 68.0 g/mol. The topological polar surface area (TPSA) is 26.3 Å². The van der Waals surface area contributed by atoms with Gasteiger partial charge in [0, 0.05) is 1.37 Å². The van der Waals surface area contributed by atoms with Gasteiger partial charge < -0.3 is 4.74 Å². The minimum absolute atomic E-state index is 0.152. The molecule has 0 spiro atoms. The van der Waals surface area contributed by atoms with E-state index in [1.54, 1.807) is 0 Å². The van der Waals surface area contributed by atoms with Gasteiger partial charge in [-0.1, -0.05) is 0 Å². The van der Waals surface area contributed by atoms with Crippen LogP contribution >= 0.6 is 0 Å². The molecule has 2 heteroatoms. The van der Waals surface area contributed by atoms with Crippen LogP contribution < -0.4 is 0 Å². The first kappa shape index (κ1) is 2.69. The van der Waals surface area contributed by atoms with Gasteiger partial charge in [0.15, 0.2) is 0 Å². The van der Waals surface area contributed by atoms with Crippen molar-refractivity contribution in [1.29, 1.82) is 0 Å². The fourth-order valence-electron chi connectivity index (χ4n) is 0.0481. The maximum atomic E-state index is 9.26. The molecule has 0 atom stereocenters. The molecule has 0 saturated carbocycles. The Hall–Kier alpha value is -0.530. The summed E-state index contributed by atoms with van der Waals surface area (Å²) >= 11 is 0. The Balaban J connectivity index is 2.49. The van der Waals surface area contributed by atoms with Gasteiger partial charge in [-0.3, -0.25) is 4.79 Å². The summed E-state index contributed by atoms with van der Waals surface area (Å²) in [5.41, 5.74) is 0. The number of carbonyl (C=O) groups excluding carboxylic acids is 1. The highest BCUT2D eigenvalue weighted by atomic mass is 16.5. The van der Waals surface area contributed by atoms with Crippen LogP contribution in [0.1, 0.15) is 8.27 Å². The molecule has 2 nitrogen and oxygen atoms in total. The van der Waals surface area contributed by atoms with E-state index in [1.165, 1.54) is 0 Å². The number of hydrogen-bond donors (Lipinski definition) is 0. The van der Waals surface area contributed by atoms with Gasteiger partial charge in [-0.05, 0) is 6.90 Å². The highest BCUT2D eigenvalue weighted by Crippen LogP contribution is 1.55. The van der Waals surface area contributed by atoms with Gasteiger partial charge in [0.2, 0.25) is 0 Å². The van der Waals surface area contributed by atoms with E-state index in [2.05, 4.69) is 4.74 Å². The van der Waals surface area contributed by atoms with Crippen LogP contribution in [-0.2, 0) is 9.53 Å². The number of rotatable bonds is 2. The molecule has 0 heterocycles. The Bertz CT molecular complexity index is 37.8. The molecule has 0 N–H and O–H groups in total. The third-order valence-electron chi connectivity index (χ3n) is 0.186. The van der Waals surface area contributed by atoms with Crippen molar-refractivity contribution in [3.05, 3.63) is 0 Å². The molecule has 5 heavy (non-hydrogen) atoms. The minimum atomic E-state index is 0.152. The first-order valence-corrected chi connectivity index (χ1v) is 1.26. The highest BCUT2D eigenvalue weighted by molar-refractivity contribution is 5.36. The van der Waals surface area contributed by atoms with Crippen LogP contribution in [0, 0.1) is 0 Å². The lowest BCUT2D eigenvalue weighted by Gasteiger charge is -1.79. The summed E-state index contributed by atoms with van der Waals surface area (Å²) in [6.45, 7) is 0.705. The molecule has 0 aromatic carbocycles. The van der Waals surface area contributed by atoms with E-state index < -0.39 is 0 Å². The fraction of sp³-hybridized carbons (Fsp3) is 0.667. The predicted octanol–water partition coefficient (Wildman–Crippen LogP) is 0.179. The summed E-state index contributed by atoms with van der Waals surface area (Å²) in [7, 11) is 0. The third kappa shape index (κ3) is 3.47. The molecule has 0 amide bonds. The summed E-state index contributed by atoms with van der Waals surface area (Å²) in [6.07, 6.45) is 0. The Labute approximate surface area is 32.1 Å². The molecule has 30 valence electrons. The lowest BCUT2D eigenvalue weighted by Crippen LogP contribution is -1.80. The van der Waals surface area contributed by atoms with Crippen LogP contribution in [0.15, 0.2) is 0 Å². The molecule has 0 unspecified atom stereocenters. The van der Waals surface area contributed by atoms with E-state index in [4.69, 9.17) is 1.37 Å². The maximum Gasteiger partial charge on any atom is 0.293 e. The van der Waals surface area contributed by atoms with Crippen LogP contribution in [0.5, 0.6) is 0 Å². The van der Waals surface area contributed by atoms with Crippen molar-refractivity contribution in [3.8, 4) is 0 Å². The molecule has 0 radical (unpaired) electrons. The normalized spacial score (nSPS) is 9.20. The molecule has 0 bridgehead atoms. The zero-order chi connectivity index (χ0) is 4.83. The zero-order valence-electron chi connectivity index (χ0n) is 3.81. The lowest BCUT2D eigenvalue weighted by atomic mass is 10.9. The Morgan fingerprint density at radius 1 is 2.40 bits per heavy atom. The number of ether oxygens (including phenoxy) is 1. The second kappa shape index (κ2) is 3.47. The predicted molar refractivity (Wildman–Crippen MR) is 17.7 cm³/mol. The van der Waals surface area contributed by atoms with Crippen molar-refractivity contribution < 1.29 is 10.9 Å². The first-order chi connectivity index (χ1) is 2.91. The molecule has 0 aliphatic carbocycles. The van der Waals surface area contributed by atoms with Crippen LogP contribution in [0.2, 0.25) is 0 Å². The number of hydrogen-bond acceptors (Lipinski definition) is 2. The molecule has 0 saturated heterocycles. The van der Waals surface area contributed by atoms with E-state index in [0.29, 0.717) is 6.47 Å². The van der Waals surface area contributed by atoms with E-state index >= 15 is 0 Å². The smallest absolute Gasteiger partial charge is 0.293 e. The second-order valence-corrected chi connectivity index (χ2v) is 0.467. The maximum absolute atomic E-state index is 9.26. The zero-order valence-corrected chi connectivity index (χ0v) is 2.81. The fourth-order valence-corrected chi connectivity index (χ4v) is 0.0481.